The number of aromatic nitrogens is 1. The normalized spacial score (nSPS) is 16.1. The van der Waals surface area contributed by atoms with Crippen LogP contribution in [0.15, 0.2) is 53.9 Å². The Bertz CT molecular complexity index is 791. The highest BCUT2D eigenvalue weighted by molar-refractivity contribution is 6.01. The van der Waals surface area contributed by atoms with Crippen LogP contribution in [0.2, 0.25) is 0 Å². The van der Waals surface area contributed by atoms with Gasteiger partial charge < -0.3 is 9.74 Å². The van der Waals surface area contributed by atoms with Crippen molar-refractivity contribution in [2.75, 3.05) is 6.54 Å². The number of oxime groups is 1. The number of halogens is 1. The van der Waals surface area contributed by atoms with E-state index in [-0.39, 0.29) is 23.7 Å². The summed E-state index contributed by atoms with van der Waals surface area (Å²) in [5, 5.41) is 4.17. The molecule has 1 amide bonds. The fourth-order valence-electron chi connectivity index (χ4n) is 3.02. The van der Waals surface area contributed by atoms with Crippen LogP contribution in [0.1, 0.15) is 37.8 Å². The second-order valence-corrected chi connectivity index (χ2v) is 7.21. The quantitative estimate of drug-likeness (QED) is 0.746. The van der Waals surface area contributed by atoms with Crippen molar-refractivity contribution in [3.8, 4) is 0 Å². The van der Waals surface area contributed by atoms with Gasteiger partial charge in [0, 0.05) is 37.3 Å². The largest absolute Gasteiger partial charge is 0.390 e. The molecule has 1 atom stereocenters. The van der Waals surface area contributed by atoms with E-state index in [1.54, 1.807) is 29.4 Å². The number of carbonyl (C=O) groups excluding carboxylic acids is 1. The van der Waals surface area contributed by atoms with Gasteiger partial charge in [0.1, 0.15) is 5.82 Å². The van der Waals surface area contributed by atoms with E-state index >= 15 is 0 Å². The molecule has 0 aliphatic carbocycles. The van der Waals surface area contributed by atoms with Crippen LogP contribution in [0.3, 0.4) is 0 Å². The van der Waals surface area contributed by atoms with Gasteiger partial charge >= 0.3 is 0 Å². The minimum absolute atomic E-state index is 0.0627. The average Bonchev–Trinajstić information content (AvgIpc) is 3.12. The molecule has 0 radical (unpaired) electrons. The van der Waals surface area contributed by atoms with Gasteiger partial charge in [-0.05, 0) is 35.7 Å². The Hall–Kier alpha value is -2.76. The van der Waals surface area contributed by atoms with E-state index in [0.29, 0.717) is 25.9 Å². The Morgan fingerprint density at radius 2 is 2.07 bits per heavy atom. The zero-order chi connectivity index (χ0) is 19.2. The number of hydrogen-bond acceptors (Lipinski definition) is 4. The first-order valence-corrected chi connectivity index (χ1v) is 9.16. The Balaban J connectivity index is 1.66. The lowest BCUT2D eigenvalue weighted by atomic mass is 10.1. The maximum Gasteiger partial charge on any atom is 0.223 e. The molecule has 0 bridgehead atoms. The van der Waals surface area contributed by atoms with E-state index in [4.69, 9.17) is 4.84 Å². The fraction of sp³-hybridized carbons (Fsp3) is 0.381. The monoisotopic (exact) mass is 369 g/mol. The number of pyridine rings is 1. The van der Waals surface area contributed by atoms with Crippen LogP contribution in [-0.2, 0) is 16.2 Å². The first-order chi connectivity index (χ1) is 13.0. The molecule has 0 saturated carbocycles. The molecule has 1 aliphatic heterocycles. The highest BCUT2D eigenvalue weighted by atomic mass is 19.1. The number of carbonyl (C=O) groups is 1. The lowest BCUT2D eigenvalue weighted by molar-refractivity contribution is -0.134. The first kappa shape index (κ1) is 19.0. The summed E-state index contributed by atoms with van der Waals surface area (Å²) < 4.78 is 13.2. The van der Waals surface area contributed by atoms with E-state index in [0.717, 1.165) is 16.8 Å². The van der Waals surface area contributed by atoms with E-state index in [1.807, 2.05) is 26.0 Å². The molecule has 3 rings (SSSR count). The molecule has 1 aromatic heterocycles. The number of nitrogens with zero attached hydrogens (tertiary/aromatic N) is 3. The zero-order valence-electron chi connectivity index (χ0n) is 15.6. The Morgan fingerprint density at radius 3 is 2.74 bits per heavy atom. The van der Waals surface area contributed by atoms with Crippen molar-refractivity contribution in [3.05, 3.63) is 65.7 Å². The maximum atomic E-state index is 13.2. The van der Waals surface area contributed by atoms with Gasteiger partial charge in [0.2, 0.25) is 5.91 Å². The van der Waals surface area contributed by atoms with Crippen molar-refractivity contribution in [1.29, 1.82) is 0 Å². The van der Waals surface area contributed by atoms with Crippen LogP contribution >= 0.6 is 0 Å². The average molecular weight is 369 g/mol. The summed E-state index contributed by atoms with van der Waals surface area (Å²) >= 11 is 0. The summed E-state index contributed by atoms with van der Waals surface area (Å²) in [7, 11) is 0. The summed E-state index contributed by atoms with van der Waals surface area (Å²) in [4.78, 5) is 24.2. The molecule has 27 heavy (non-hydrogen) atoms. The molecule has 2 heterocycles. The molecule has 6 heteroatoms. The van der Waals surface area contributed by atoms with Crippen LogP contribution in [0, 0.1) is 11.7 Å². The van der Waals surface area contributed by atoms with Crippen molar-refractivity contribution < 1.29 is 14.0 Å². The third-order valence-corrected chi connectivity index (χ3v) is 4.37. The van der Waals surface area contributed by atoms with Gasteiger partial charge in [0.05, 0.1) is 12.3 Å². The number of rotatable bonds is 7. The van der Waals surface area contributed by atoms with Crippen LogP contribution in [0.4, 0.5) is 4.39 Å². The molecule has 0 saturated heterocycles. The van der Waals surface area contributed by atoms with Gasteiger partial charge in [-0.3, -0.25) is 9.78 Å². The first-order valence-electron chi connectivity index (χ1n) is 9.16. The molecule has 1 aliphatic rings. The second kappa shape index (κ2) is 8.75. The van der Waals surface area contributed by atoms with Crippen molar-refractivity contribution in [1.82, 2.24) is 9.88 Å². The summed E-state index contributed by atoms with van der Waals surface area (Å²) in [6, 6.07) is 10.0. The maximum absolute atomic E-state index is 13.2. The highest BCUT2D eigenvalue weighted by Gasteiger charge is 2.27. The minimum atomic E-state index is -0.285. The van der Waals surface area contributed by atoms with Gasteiger partial charge in [-0.15, -0.1) is 0 Å². The minimum Gasteiger partial charge on any atom is -0.390 e. The highest BCUT2D eigenvalue weighted by Crippen LogP contribution is 2.19. The van der Waals surface area contributed by atoms with E-state index in [2.05, 4.69) is 10.1 Å². The molecule has 5 nitrogen and oxygen atoms in total. The predicted octanol–water partition coefficient (Wildman–Crippen LogP) is 3.79. The SMILES string of the molecule is CC(C)CC(=O)N(Cc1ccc(F)cc1)C[C@H]1CC(c2cccnc2)=NO1. The predicted molar refractivity (Wildman–Crippen MR) is 102 cm³/mol. The molecule has 142 valence electrons. The molecule has 0 spiro atoms. The second-order valence-electron chi connectivity index (χ2n) is 7.21. The van der Waals surface area contributed by atoms with E-state index < -0.39 is 0 Å². The van der Waals surface area contributed by atoms with Crippen molar-refractivity contribution in [3.63, 3.8) is 0 Å². The van der Waals surface area contributed by atoms with Gasteiger partial charge in [0.15, 0.2) is 6.10 Å². The fourth-order valence-corrected chi connectivity index (χ4v) is 3.02. The van der Waals surface area contributed by atoms with Gasteiger partial charge in [0.25, 0.3) is 0 Å². The van der Waals surface area contributed by atoms with Gasteiger partial charge in [-0.2, -0.15) is 0 Å². The smallest absolute Gasteiger partial charge is 0.223 e. The van der Waals surface area contributed by atoms with Crippen LogP contribution in [-0.4, -0.2) is 34.2 Å². The van der Waals surface area contributed by atoms with Crippen molar-refractivity contribution in [2.45, 2.75) is 39.3 Å². The lowest BCUT2D eigenvalue weighted by Crippen LogP contribution is -2.37. The number of hydrogen-bond donors (Lipinski definition) is 0. The van der Waals surface area contributed by atoms with Crippen molar-refractivity contribution >= 4 is 11.6 Å². The van der Waals surface area contributed by atoms with Gasteiger partial charge in [-0.1, -0.05) is 31.1 Å². The topological polar surface area (TPSA) is 54.8 Å². The van der Waals surface area contributed by atoms with Crippen LogP contribution in [0.25, 0.3) is 0 Å². The lowest BCUT2D eigenvalue weighted by Gasteiger charge is -2.26. The van der Waals surface area contributed by atoms with E-state index in [1.165, 1.54) is 12.1 Å². The standard InChI is InChI=1S/C21H24FN3O2/c1-15(2)10-21(26)25(13-16-5-7-18(22)8-6-16)14-19-11-20(24-27-19)17-4-3-9-23-12-17/h3-9,12,15,19H,10-11,13-14H2,1-2H3/t19-/m1/s1. The van der Waals surface area contributed by atoms with Crippen LogP contribution in [0.5, 0.6) is 0 Å². The number of benzene rings is 1. The molecule has 2 aromatic rings. The molecular formula is C21H24FN3O2. The molecule has 1 aromatic carbocycles. The third-order valence-electron chi connectivity index (χ3n) is 4.37. The summed E-state index contributed by atoms with van der Waals surface area (Å²) in [5.74, 6) is 0.0418. The van der Waals surface area contributed by atoms with Crippen molar-refractivity contribution in [2.24, 2.45) is 11.1 Å². The Kier molecular flexibility index (Phi) is 6.16. The zero-order valence-corrected chi connectivity index (χ0v) is 15.6. The molecule has 0 unspecified atom stereocenters. The number of amides is 1. The molecule has 0 N–H and O–H groups in total. The van der Waals surface area contributed by atoms with Gasteiger partial charge in [-0.25, -0.2) is 4.39 Å². The Labute approximate surface area is 158 Å². The summed E-state index contributed by atoms with van der Waals surface area (Å²) in [5.41, 5.74) is 2.66. The Morgan fingerprint density at radius 1 is 1.30 bits per heavy atom. The third kappa shape index (κ3) is 5.36. The summed E-state index contributed by atoms with van der Waals surface area (Å²) in [6.07, 6.45) is 4.36. The molecule has 0 fully saturated rings. The van der Waals surface area contributed by atoms with E-state index in [9.17, 15) is 9.18 Å². The summed E-state index contributed by atoms with van der Waals surface area (Å²) in [6.45, 7) is 4.90. The van der Waals surface area contributed by atoms with Crippen LogP contribution < -0.4 is 0 Å². The molecular weight excluding hydrogens is 345 g/mol.